The minimum absolute atomic E-state index is 0.0251. The van der Waals surface area contributed by atoms with Gasteiger partial charge in [-0.3, -0.25) is 14.7 Å². The Hall–Kier alpha value is -4.12. The molecule has 1 amide bonds. The topological polar surface area (TPSA) is 155 Å². The maximum absolute atomic E-state index is 13.1. The maximum atomic E-state index is 13.1. The summed E-state index contributed by atoms with van der Waals surface area (Å²) < 4.78 is 1.52. The van der Waals surface area contributed by atoms with Crippen molar-refractivity contribution < 1.29 is 14.7 Å². The SMILES string of the molecule is CC(=O)c1c(C2C[C@H]3CC[C@@H](C2)N3C(=O)c2ncn[nH]2)nc2c(-c3ccc([C@@H](C)O)cc3)cnn2c1N. The Morgan fingerprint density at radius 3 is 2.46 bits per heavy atom. The van der Waals surface area contributed by atoms with Crippen LogP contribution < -0.4 is 5.73 Å². The number of nitrogens with one attached hydrogen (secondary N) is 1. The Morgan fingerprint density at radius 2 is 1.86 bits per heavy atom. The van der Waals surface area contributed by atoms with Gasteiger partial charge in [0.2, 0.25) is 5.82 Å². The molecule has 4 aromatic rings. The van der Waals surface area contributed by atoms with Crippen LogP contribution in [0.25, 0.3) is 16.8 Å². The molecule has 2 aliphatic rings. The van der Waals surface area contributed by atoms with Gasteiger partial charge in [0, 0.05) is 23.6 Å². The molecule has 1 aromatic carbocycles. The minimum Gasteiger partial charge on any atom is -0.389 e. The fraction of sp³-hybridized carbons (Fsp3) is 0.385. The van der Waals surface area contributed by atoms with Gasteiger partial charge in [0.15, 0.2) is 11.4 Å². The van der Waals surface area contributed by atoms with E-state index in [1.54, 1.807) is 13.1 Å². The monoisotopic (exact) mass is 500 g/mol. The van der Waals surface area contributed by atoms with Crippen LogP contribution in [0.3, 0.4) is 0 Å². The Kier molecular flexibility index (Phi) is 5.52. The van der Waals surface area contributed by atoms with Gasteiger partial charge in [0.05, 0.1) is 23.6 Å². The number of ketones is 1. The fourth-order valence-corrected chi connectivity index (χ4v) is 6.00. The number of benzene rings is 1. The summed E-state index contributed by atoms with van der Waals surface area (Å²) in [4.78, 5) is 36.8. The lowest BCUT2D eigenvalue weighted by Crippen LogP contribution is -2.46. The van der Waals surface area contributed by atoms with Gasteiger partial charge in [0.1, 0.15) is 12.1 Å². The molecular formula is C26H28N8O3. The largest absolute Gasteiger partial charge is 0.389 e. The van der Waals surface area contributed by atoms with E-state index in [1.807, 2.05) is 29.2 Å². The summed E-state index contributed by atoms with van der Waals surface area (Å²) in [6, 6.07) is 7.63. The molecule has 0 radical (unpaired) electrons. The first kappa shape index (κ1) is 23.3. The predicted octanol–water partition coefficient (Wildman–Crippen LogP) is 2.90. The van der Waals surface area contributed by atoms with Crippen LogP contribution >= 0.6 is 0 Å². The van der Waals surface area contributed by atoms with Crippen LogP contribution in [-0.2, 0) is 0 Å². The summed E-state index contributed by atoms with van der Waals surface area (Å²) in [5, 5.41) is 20.8. The number of piperidine rings is 1. The van der Waals surface area contributed by atoms with Gasteiger partial charge in [-0.1, -0.05) is 24.3 Å². The number of Topliss-reactive ketones (excluding diaryl/α,β-unsaturated/α-hetero) is 1. The van der Waals surface area contributed by atoms with Crippen molar-refractivity contribution in [1.82, 2.24) is 34.7 Å². The third-order valence-electron chi connectivity index (χ3n) is 7.74. The molecule has 11 nitrogen and oxygen atoms in total. The molecule has 2 aliphatic heterocycles. The van der Waals surface area contributed by atoms with E-state index in [9.17, 15) is 14.7 Å². The van der Waals surface area contributed by atoms with Gasteiger partial charge in [-0.25, -0.2) is 9.97 Å². The van der Waals surface area contributed by atoms with Crippen LogP contribution in [0.5, 0.6) is 0 Å². The zero-order chi connectivity index (χ0) is 25.8. The number of amides is 1. The minimum atomic E-state index is -0.561. The normalized spacial score (nSPS) is 21.9. The quantitative estimate of drug-likeness (QED) is 0.353. The molecule has 11 heteroatoms. The summed E-state index contributed by atoms with van der Waals surface area (Å²) >= 11 is 0. The Morgan fingerprint density at radius 1 is 1.16 bits per heavy atom. The summed E-state index contributed by atoms with van der Waals surface area (Å²) in [6.45, 7) is 3.22. The summed E-state index contributed by atoms with van der Waals surface area (Å²) in [6.07, 6.45) is 5.63. The Labute approximate surface area is 212 Å². The number of hydrogen-bond donors (Lipinski definition) is 3. The number of fused-ring (bicyclic) bond motifs is 3. The number of hydrogen-bond acceptors (Lipinski definition) is 8. The third-order valence-corrected chi connectivity index (χ3v) is 7.74. The molecule has 0 saturated carbocycles. The second kappa shape index (κ2) is 8.77. The smallest absolute Gasteiger partial charge is 0.291 e. The lowest BCUT2D eigenvalue weighted by atomic mass is 9.85. The predicted molar refractivity (Wildman–Crippen MR) is 135 cm³/mol. The van der Waals surface area contributed by atoms with Crippen LogP contribution in [-0.4, -0.2) is 63.6 Å². The number of anilines is 1. The molecule has 6 rings (SSSR count). The van der Waals surface area contributed by atoms with Gasteiger partial charge in [-0.05, 0) is 50.7 Å². The highest BCUT2D eigenvalue weighted by atomic mass is 16.3. The van der Waals surface area contributed by atoms with Crippen molar-refractivity contribution in [2.75, 3.05) is 5.73 Å². The molecule has 0 aliphatic carbocycles. The standard InChI is InChI=1S/C26H28N8O3/c1-13(35)15-3-5-16(6-4-15)20-11-30-34-23(27)21(14(2)36)22(31-25(20)34)17-9-18-7-8-19(10-17)33(18)26(37)24-28-12-29-32-24/h3-6,11-13,17-19,35H,7-10,27H2,1-2H3,(H,28,29,32)/t13-,17?,18-,19+/m1/s1. The van der Waals surface area contributed by atoms with Crippen LogP contribution in [0.2, 0.25) is 0 Å². The highest BCUT2D eigenvalue weighted by Gasteiger charge is 2.45. The molecule has 190 valence electrons. The van der Waals surface area contributed by atoms with Crippen molar-refractivity contribution in [2.45, 2.75) is 63.6 Å². The van der Waals surface area contributed by atoms with Gasteiger partial charge < -0.3 is 15.7 Å². The average molecular weight is 501 g/mol. The molecule has 1 unspecified atom stereocenters. The zero-order valence-corrected chi connectivity index (χ0v) is 20.6. The molecule has 37 heavy (non-hydrogen) atoms. The van der Waals surface area contributed by atoms with Crippen molar-refractivity contribution >= 4 is 23.2 Å². The van der Waals surface area contributed by atoms with Crippen LogP contribution in [0.1, 0.15) is 83.8 Å². The van der Waals surface area contributed by atoms with Crippen LogP contribution in [0.15, 0.2) is 36.8 Å². The number of aromatic amines is 1. The number of rotatable bonds is 5. The second-order valence-electron chi connectivity index (χ2n) is 10.0. The molecule has 4 N–H and O–H groups in total. The number of carbonyl (C=O) groups excluding carboxylic acids is 2. The first-order chi connectivity index (χ1) is 17.8. The van der Waals surface area contributed by atoms with Crippen molar-refractivity contribution in [3.8, 4) is 11.1 Å². The molecule has 0 spiro atoms. The van der Waals surface area contributed by atoms with Gasteiger partial charge in [-0.15, -0.1) is 0 Å². The van der Waals surface area contributed by atoms with E-state index in [4.69, 9.17) is 10.7 Å². The Bertz CT molecular complexity index is 1480. The first-order valence-corrected chi connectivity index (χ1v) is 12.5. The first-order valence-electron chi connectivity index (χ1n) is 12.5. The number of nitrogen functional groups attached to an aromatic ring is 1. The van der Waals surface area contributed by atoms with E-state index in [2.05, 4.69) is 20.3 Å². The summed E-state index contributed by atoms with van der Waals surface area (Å²) in [7, 11) is 0. The molecule has 2 bridgehead atoms. The van der Waals surface area contributed by atoms with E-state index < -0.39 is 6.10 Å². The molecule has 3 aromatic heterocycles. The second-order valence-corrected chi connectivity index (χ2v) is 10.0. The van der Waals surface area contributed by atoms with Crippen molar-refractivity contribution in [3.63, 3.8) is 0 Å². The number of aliphatic hydroxyl groups is 1. The van der Waals surface area contributed by atoms with E-state index in [1.165, 1.54) is 17.8 Å². The Balaban J connectivity index is 1.40. The third kappa shape index (κ3) is 3.77. The summed E-state index contributed by atoms with van der Waals surface area (Å²) in [5.41, 5.74) is 10.7. The molecule has 2 fully saturated rings. The zero-order valence-electron chi connectivity index (χ0n) is 20.6. The lowest BCUT2D eigenvalue weighted by molar-refractivity contribution is 0.0556. The number of H-pyrrole nitrogens is 1. The fourth-order valence-electron chi connectivity index (χ4n) is 6.00. The van der Waals surface area contributed by atoms with E-state index >= 15 is 0 Å². The van der Waals surface area contributed by atoms with Gasteiger partial charge in [-0.2, -0.15) is 14.7 Å². The van der Waals surface area contributed by atoms with Gasteiger partial charge in [0.25, 0.3) is 5.91 Å². The number of aliphatic hydroxyl groups excluding tert-OH is 1. The van der Waals surface area contributed by atoms with E-state index in [-0.39, 0.29) is 41.3 Å². The van der Waals surface area contributed by atoms with Crippen LogP contribution in [0, 0.1) is 0 Å². The van der Waals surface area contributed by atoms with Gasteiger partial charge >= 0.3 is 0 Å². The molecule has 5 heterocycles. The highest BCUT2D eigenvalue weighted by molar-refractivity contribution is 6.00. The van der Waals surface area contributed by atoms with E-state index in [0.717, 1.165) is 29.5 Å². The van der Waals surface area contributed by atoms with Crippen molar-refractivity contribution in [1.29, 1.82) is 0 Å². The number of carbonyl (C=O) groups is 2. The maximum Gasteiger partial charge on any atom is 0.291 e. The van der Waals surface area contributed by atoms with E-state index in [0.29, 0.717) is 29.7 Å². The summed E-state index contributed by atoms with van der Waals surface area (Å²) in [5.74, 6) is 0.188. The lowest BCUT2D eigenvalue weighted by Gasteiger charge is -2.38. The molecule has 2 saturated heterocycles. The van der Waals surface area contributed by atoms with Crippen molar-refractivity contribution in [2.24, 2.45) is 0 Å². The van der Waals surface area contributed by atoms with Crippen LogP contribution in [0.4, 0.5) is 5.82 Å². The number of nitrogens with two attached hydrogens (primary N) is 1. The molecular weight excluding hydrogens is 472 g/mol. The molecule has 4 atom stereocenters. The highest BCUT2D eigenvalue weighted by Crippen LogP contribution is 2.45. The number of aromatic nitrogens is 6. The average Bonchev–Trinajstić information content (AvgIpc) is 3.62. The van der Waals surface area contributed by atoms with Crippen molar-refractivity contribution in [3.05, 3.63) is 59.4 Å². The number of nitrogens with zero attached hydrogens (tertiary/aromatic N) is 6.